The first-order valence-electron chi connectivity index (χ1n) is 5.33. The van der Waals surface area contributed by atoms with Crippen LogP contribution in [0, 0.1) is 5.82 Å². The van der Waals surface area contributed by atoms with Crippen molar-refractivity contribution in [2.75, 3.05) is 0 Å². The Kier molecular flexibility index (Phi) is 2.96. The molecule has 0 aliphatic heterocycles. The molecule has 1 aliphatic rings. The maximum absolute atomic E-state index is 13.4. The monoisotopic (exact) mass is 305 g/mol. The molecule has 0 bridgehead atoms. The van der Waals surface area contributed by atoms with Crippen molar-refractivity contribution in [2.45, 2.75) is 18.8 Å². The van der Waals surface area contributed by atoms with Crippen molar-refractivity contribution in [3.63, 3.8) is 0 Å². The SMILES string of the molecule is Fc1c(Cl)cc(-n2c(Cl)nnc2C2CC2)cc1Cl. The fraction of sp³-hybridized carbons (Fsp3) is 0.273. The average Bonchev–Trinajstić information content (AvgIpc) is 3.09. The van der Waals surface area contributed by atoms with Crippen LogP contribution in [0.1, 0.15) is 24.6 Å². The summed E-state index contributed by atoms with van der Waals surface area (Å²) in [6.45, 7) is 0. The maximum atomic E-state index is 13.4. The zero-order valence-electron chi connectivity index (χ0n) is 9.00. The highest BCUT2D eigenvalue weighted by atomic mass is 35.5. The first-order chi connectivity index (χ1) is 8.58. The van der Waals surface area contributed by atoms with Crippen molar-refractivity contribution in [2.24, 2.45) is 0 Å². The van der Waals surface area contributed by atoms with Crippen LogP contribution in [0.15, 0.2) is 12.1 Å². The summed E-state index contributed by atoms with van der Waals surface area (Å²) in [6.07, 6.45) is 2.11. The number of halogens is 4. The predicted molar refractivity (Wildman–Crippen MR) is 68.3 cm³/mol. The zero-order valence-corrected chi connectivity index (χ0v) is 11.3. The molecular weight excluding hydrogens is 299 g/mol. The van der Waals surface area contributed by atoms with Crippen LogP contribution in [0.5, 0.6) is 0 Å². The molecule has 1 aromatic carbocycles. The van der Waals surface area contributed by atoms with Gasteiger partial charge in [-0.25, -0.2) is 4.39 Å². The summed E-state index contributed by atoms with van der Waals surface area (Å²) in [6, 6.07) is 2.92. The fourth-order valence-electron chi connectivity index (χ4n) is 1.79. The number of benzene rings is 1. The molecule has 1 aromatic heterocycles. The van der Waals surface area contributed by atoms with E-state index in [0.29, 0.717) is 11.6 Å². The summed E-state index contributed by atoms with van der Waals surface area (Å²) in [4.78, 5) is 0. The quantitative estimate of drug-likeness (QED) is 0.777. The second-order valence-corrected chi connectivity index (χ2v) is 5.31. The van der Waals surface area contributed by atoms with Crippen molar-refractivity contribution in [1.82, 2.24) is 14.8 Å². The van der Waals surface area contributed by atoms with Gasteiger partial charge in [0.1, 0.15) is 5.82 Å². The number of nitrogens with zero attached hydrogens (tertiary/aromatic N) is 3. The summed E-state index contributed by atoms with van der Waals surface area (Å²) in [5.41, 5.74) is 0.573. The lowest BCUT2D eigenvalue weighted by atomic mass is 10.3. The van der Waals surface area contributed by atoms with Crippen LogP contribution < -0.4 is 0 Å². The Balaban J connectivity index is 2.17. The van der Waals surface area contributed by atoms with E-state index >= 15 is 0 Å². The van der Waals surface area contributed by atoms with Crippen LogP contribution in [0.25, 0.3) is 5.69 Å². The molecule has 0 radical (unpaired) electrons. The number of rotatable bonds is 2. The van der Waals surface area contributed by atoms with Gasteiger partial charge in [0.2, 0.25) is 5.28 Å². The molecule has 0 amide bonds. The Bertz CT molecular complexity index is 599. The van der Waals surface area contributed by atoms with Gasteiger partial charge in [0, 0.05) is 5.92 Å². The summed E-state index contributed by atoms with van der Waals surface area (Å²) in [5, 5.41) is 7.99. The lowest BCUT2D eigenvalue weighted by molar-refractivity contribution is 0.628. The Morgan fingerprint density at radius 1 is 1.11 bits per heavy atom. The van der Waals surface area contributed by atoms with Crippen LogP contribution in [-0.4, -0.2) is 14.8 Å². The van der Waals surface area contributed by atoms with E-state index in [0.717, 1.165) is 18.7 Å². The third kappa shape index (κ3) is 1.98. The molecule has 1 fully saturated rings. The Morgan fingerprint density at radius 3 is 2.28 bits per heavy atom. The van der Waals surface area contributed by atoms with Crippen LogP contribution in [-0.2, 0) is 0 Å². The van der Waals surface area contributed by atoms with Gasteiger partial charge in [0.15, 0.2) is 5.82 Å². The van der Waals surface area contributed by atoms with E-state index in [1.165, 1.54) is 12.1 Å². The number of aromatic nitrogens is 3. The van der Waals surface area contributed by atoms with Crippen molar-refractivity contribution >= 4 is 34.8 Å². The first-order valence-corrected chi connectivity index (χ1v) is 6.47. The van der Waals surface area contributed by atoms with E-state index < -0.39 is 5.82 Å². The van der Waals surface area contributed by atoms with Crippen LogP contribution in [0.2, 0.25) is 15.3 Å². The van der Waals surface area contributed by atoms with Gasteiger partial charge in [-0.1, -0.05) is 23.2 Å². The largest absolute Gasteiger partial charge is 0.269 e. The van der Waals surface area contributed by atoms with E-state index in [-0.39, 0.29) is 15.3 Å². The normalized spacial score (nSPS) is 15.1. The highest BCUT2D eigenvalue weighted by Gasteiger charge is 2.30. The number of hydrogen-bond acceptors (Lipinski definition) is 2. The third-order valence-corrected chi connectivity index (χ3v) is 3.61. The van der Waals surface area contributed by atoms with Crippen LogP contribution >= 0.6 is 34.8 Å². The summed E-state index contributed by atoms with van der Waals surface area (Å²) in [5.74, 6) is 0.477. The van der Waals surface area contributed by atoms with Gasteiger partial charge in [0.25, 0.3) is 0 Å². The Morgan fingerprint density at radius 2 is 1.72 bits per heavy atom. The van der Waals surface area contributed by atoms with Gasteiger partial charge >= 0.3 is 0 Å². The molecule has 2 aromatic rings. The van der Waals surface area contributed by atoms with Gasteiger partial charge < -0.3 is 0 Å². The molecule has 3 nitrogen and oxygen atoms in total. The van der Waals surface area contributed by atoms with Crippen molar-refractivity contribution in [1.29, 1.82) is 0 Å². The average molecular weight is 307 g/mol. The van der Waals surface area contributed by atoms with E-state index in [1.54, 1.807) is 4.57 Å². The minimum atomic E-state index is -0.640. The van der Waals surface area contributed by atoms with Gasteiger partial charge in [0.05, 0.1) is 15.7 Å². The Hall–Kier alpha value is -0.840. The van der Waals surface area contributed by atoms with Crippen molar-refractivity contribution in [3.05, 3.63) is 39.1 Å². The molecule has 0 saturated heterocycles. The third-order valence-electron chi connectivity index (χ3n) is 2.82. The molecular formula is C11H7Cl3FN3. The second-order valence-electron chi connectivity index (χ2n) is 4.16. The second kappa shape index (κ2) is 4.37. The minimum absolute atomic E-state index is 0.0518. The zero-order chi connectivity index (χ0) is 12.9. The van der Waals surface area contributed by atoms with Crippen molar-refractivity contribution < 1.29 is 4.39 Å². The van der Waals surface area contributed by atoms with E-state index in [9.17, 15) is 4.39 Å². The van der Waals surface area contributed by atoms with E-state index in [1.807, 2.05) is 0 Å². The highest BCUT2D eigenvalue weighted by Crippen LogP contribution is 2.41. The van der Waals surface area contributed by atoms with Crippen LogP contribution in [0.4, 0.5) is 4.39 Å². The molecule has 0 atom stereocenters. The first kappa shape index (κ1) is 12.2. The molecule has 3 rings (SSSR count). The van der Waals surface area contributed by atoms with Gasteiger partial charge in [-0.15, -0.1) is 10.2 Å². The summed E-state index contributed by atoms with van der Waals surface area (Å²) < 4.78 is 15.0. The van der Waals surface area contributed by atoms with E-state index in [4.69, 9.17) is 34.8 Å². The van der Waals surface area contributed by atoms with Crippen molar-refractivity contribution in [3.8, 4) is 5.69 Å². The molecule has 18 heavy (non-hydrogen) atoms. The maximum Gasteiger partial charge on any atom is 0.229 e. The van der Waals surface area contributed by atoms with Gasteiger partial charge in [-0.2, -0.15) is 0 Å². The van der Waals surface area contributed by atoms with Gasteiger partial charge in [-0.05, 0) is 36.6 Å². The predicted octanol–water partition coefficient (Wildman–Crippen LogP) is 4.24. The van der Waals surface area contributed by atoms with Gasteiger partial charge in [-0.3, -0.25) is 4.57 Å². The fourth-order valence-corrected chi connectivity index (χ4v) is 2.49. The summed E-state index contributed by atoms with van der Waals surface area (Å²) >= 11 is 17.6. The molecule has 1 aliphatic carbocycles. The minimum Gasteiger partial charge on any atom is -0.269 e. The molecule has 0 N–H and O–H groups in total. The molecule has 0 spiro atoms. The standard InChI is InChI=1S/C11H7Cl3FN3/c12-7-3-6(4-8(13)9(7)15)18-10(5-1-2-5)16-17-11(18)14/h3-5H,1-2H2. The Labute approximate surface area is 117 Å². The molecule has 1 saturated carbocycles. The summed E-state index contributed by atoms with van der Waals surface area (Å²) in [7, 11) is 0. The molecule has 1 heterocycles. The molecule has 7 heteroatoms. The molecule has 94 valence electrons. The highest BCUT2D eigenvalue weighted by molar-refractivity contribution is 6.35. The topological polar surface area (TPSA) is 30.7 Å². The lowest BCUT2D eigenvalue weighted by Gasteiger charge is -2.09. The smallest absolute Gasteiger partial charge is 0.229 e. The lowest BCUT2D eigenvalue weighted by Crippen LogP contribution is -2.01. The molecule has 0 unspecified atom stereocenters. The van der Waals surface area contributed by atoms with Crippen LogP contribution in [0.3, 0.4) is 0 Å². The van der Waals surface area contributed by atoms with E-state index in [2.05, 4.69) is 10.2 Å². The number of hydrogen-bond donors (Lipinski definition) is 0.